The van der Waals surface area contributed by atoms with E-state index in [-0.39, 0.29) is 25.1 Å². The summed E-state index contributed by atoms with van der Waals surface area (Å²) in [6, 6.07) is 0. The topological polar surface area (TPSA) is 61.8 Å². The number of carbonyl (C=O) groups excluding carboxylic acids is 1. The number of methoxy groups -OCH3 is 1. The fraction of sp³-hybridized carbons (Fsp3) is 0.857. The lowest BCUT2D eigenvalue weighted by Gasteiger charge is -2.06. The van der Waals surface area contributed by atoms with Gasteiger partial charge in [-0.15, -0.1) is 0 Å². The molecule has 0 aliphatic heterocycles. The van der Waals surface area contributed by atoms with Gasteiger partial charge in [0.15, 0.2) is 0 Å². The Bertz CT molecular complexity index is 180. The third-order valence-electron chi connectivity index (χ3n) is 1.09. The number of carbonyl (C=O) groups is 1. The molecule has 6 heteroatoms. The molecule has 13 heavy (non-hydrogen) atoms. The first-order chi connectivity index (χ1) is 6.06. The Hall–Kier alpha value is -0.380. The molecule has 0 N–H and O–H groups in total. The third-order valence-corrected chi connectivity index (χ3v) is 2.19. The van der Waals surface area contributed by atoms with Crippen LogP contribution in [0.4, 0.5) is 0 Å². The van der Waals surface area contributed by atoms with Crippen molar-refractivity contribution in [1.29, 1.82) is 0 Å². The van der Waals surface area contributed by atoms with Crippen molar-refractivity contribution in [2.45, 2.75) is 26.4 Å². The van der Waals surface area contributed by atoms with Gasteiger partial charge < -0.3 is 13.8 Å². The lowest BCUT2D eigenvalue weighted by atomic mass is 10.5. The zero-order valence-corrected chi connectivity index (χ0v) is 9.03. The van der Waals surface area contributed by atoms with E-state index in [0.717, 1.165) is 0 Å². The molecule has 0 aliphatic rings. The van der Waals surface area contributed by atoms with Crippen LogP contribution in [0.2, 0.25) is 0 Å². The van der Waals surface area contributed by atoms with Crippen LogP contribution in [-0.2, 0) is 23.1 Å². The van der Waals surface area contributed by atoms with Crippen LogP contribution in [0.15, 0.2) is 0 Å². The summed E-state index contributed by atoms with van der Waals surface area (Å²) in [4.78, 5) is 10.6. The Labute approximate surface area is 78.3 Å². The summed E-state index contributed by atoms with van der Waals surface area (Å²) >= 11 is 0. The number of rotatable bonds is 6. The van der Waals surface area contributed by atoms with Crippen LogP contribution >= 0.6 is 8.25 Å². The van der Waals surface area contributed by atoms with Crippen molar-refractivity contribution in [2.75, 3.05) is 13.7 Å². The summed E-state index contributed by atoms with van der Waals surface area (Å²) < 4.78 is 24.9. The van der Waals surface area contributed by atoms with Gasteiger partial charge >= 0.3 is 14.2 Å². The molecular formula is C7H15O5P. The zero-order chi connectivity index (χ0) is 10.3. The normalized spacial score (nSPS) is 12.9. The first kappa shape index (κ1) is 12.6. The maximum absolute atomic E-state index is 10.9. The van der Waals surface area contributed by atoms with Crippen LogP contribution in [0.5, 0.6) is 0 Å². The van der Waals surface area contributed by atoms with Gasteiger partial charge in [0.1, 0.15) is 0 Å². The van der Waals surface area contributed by atoms with Crippen LogP contribution in [0, 0.1) is 0 Å². The molecule has 0 aliphatic carbocycles. The van der Waals surface area contributed by atoms with Crippen molar-refractivity contribution < 1.29 is 23.1 Å². The molecule has 1 atom stereocenters. The van der Waals surface area contributed by atoms with E-state index >= 15 is 0 Å². The molecule has 0 heterocycles. The Morgan fingerprint density at radius 2 is 2.08 bits per heavy atom. The van der Waals surface area contributed by atoms with Gasteiger partial charge in [-0.1, -0.05) is 0 Å². The average Bonchev–Trinajstić information content (AvgIpc) is 2.02. The smallest absolute Gasteiger partial charge is 0.319 e. The fourth-order valence-electron chi connectivity index (χ4n) is 0.546. The van der Waals surface area contributed by atoms with E-state index in [9.17, 15) is 9.36 Å². The molecule has 78 valence electrons. The minimum Gasteiger partial charge on any atom is -0.469 e. The molecule has 0 fully saturated rings. The summed E-state index contributed by atoms with van der Waals surface area (Å²) in [5.74, 6) is -0.389. The molecule has 0 radical (unpaired) electrons. The Balaban J connectivity index is 3.42. The molecule has 0 rings (SSSR count). The van der Waals surface area contributed by atoms with E-state index < -0.39 is 8.25 Å². The molecule has 1 unspecified atom stereocenters. The Morgan fingerprint density at radius 1 is 1.46 bits per heavy atom. The number of hydrogen-bond donors (Lipinski definition) is 0. The minimum atomic E-state index is -2.45. The van der Waals surface area contributed by atoms with E-state index in [1.54, 1.807) is 13.8 Å². The van der Waals surface area contributed by atoms with Gasteiger partial charge in [-0.3, -0.25) is 9.36 Å². The second kappa shape index (κ2) is 7.06. The average molecular weight is 210 g/mol. The highest BCUT2D eigenvalue weighted by atomic mass is 31.1. The van der Waals surface area contributed by atoms with Crippen LogP contribution < -0.4 is 0 Å². The molecule has 0 saturated carbocycles. The van der Waals surface area contributed by atoms with E-state index in [1.165, 1.54) is 7.11 Å². The summed E-state index contributed by atoms with van der Waals surface area (Å²) in [6.45, 7) is 3.58. The largest absolute Gasteiger partial charge is 0.469 e. The maximum Gasteiger partial charge on any atom is 0.319 e. The van der Waals surface area contributed by atoms with Gasteiger partial charge in [-0.2, -0.15) is 0 Å². The molecule has 0 saturated heterocycles. The first-order valence-electron chi connectivity index (χ1n) is 3.96. The molecule has 0 bridgehead atoms. The van der Waals surface area contributed by atoms with Gasteiger partial charge in [0.05, 0.1) is 26.2 Å². The van der Waals surface area contributed by atoms with Crippen LogP contribution in [0.1, 0.15) is 20.3 Å². The monoisotopic (exact) mass is 210 g/mol. The SMILES string of the molecule is COC(=O)CCO[PH](=O)OC(C)C. The van der Waals surface area contributed by atoms with Gasteiger partial charge in [-0.25, -0.2) is 0 Å². The quantitative estimate of drug-likeness (QED) is 0.489. The predicted octanol–water partition coefficient (Wildman–Crippen LogP) is 1.38. The highest BCUT2D eigenvalue weighted by Crippen LogP contribution is 2.25. The molecule has 0 aromatic heterocycles. The molecule has 0 aromatic rings. The van der Waals surface area contributed by atoms with E-state index in [4.69, 9.17) is 9.05 Å². The van der Waals surface area contributed by atoms with Crippen molar-refractivity contribution in [1.82, 2.24) is 0 Å². The number of ether oxygens (including phenoxy) is 1. The molecule has 0 aromatic carbocycles. The summed E-state index contributed by atoms with van der Waals surface area (Å²) in [7, 11) is -1.16. The Morgan fingerprint density at radius 3 is 2.54 bits per heavy atom. The maximum atomic E-state index is 10.9. The highest BCUT2D eigenvalue weighted by Gasteiger charge is 2.05. The van der Waals surface area contributed by atoms with E-state index in [0.29, 0.717) is 0 Å². The van der Waals surface area contributed by atoms with Crippen LogP contribution in [0.3, 0.4) is 0 Å². The Kier molecular flexibility index (Phi) is 6.86. The van der Waals surface area contributed by atoms with Crippen molar-refractivity contribution in [3.63, 3.8) is 0 Å². The minimum absolute atomic E-state index is 0.0667. The van der Waals surface area contributed by atoms with Crippen LogP contribution in [0.25, 0.3) is 0 Å². The summed E-state index contributed by atoms with van der Waals surface area (Å²) in [6.07, 6.45) is -0.0431. The molecule has 0 amide bonds. The van der Waals surface area contributed by atoms with E-state index in [2.05, 4.69) is 4.74 Å². The molecule has 5 nitrogen and oxygen atoms in total. The highest BCUT2D eigenvalue weighted by molar-refractivity contribution is 7.33. The van der Waals surface area contributed by atoms with Gasteiger partial charge in [-0.05, 0) is 13.8 Å². The summed E-state index contributed by atoms with van der Waals surface area (Å²) in [5, 5.41) is 0. The van der Waals surface area contributed by atoms with Gasteiger partial charge in [0.25, 0.3) is 0 Å². The lowest BCUT2D eigenvalue weighted by molar-refractivity contribution is -0.141. The van der Waals surface area contributed by atoms with E-state index in [1.807, 2.05) is 0 Å². The van der Waals surface area contributed by atoms with Gasteiger partial charge in [0, 0.05) is 0 Å². The standard InChI is InChI=1S/C7H15O5P/c1-6(2)12-13(9)11-5-4-7(8)10-3/h6,13H,4-5H2,1-3H3. The van der Waals surface area contributed by atoms with Gasteiger partial charge in [0.2, 0.25) is 0 Å². The second-order valence-corrected chi connectivity index (χ2v) is 3.62. The second-order valence-electron chi connectivity index (χ2n) is 2.59. The van der Waals surface area contributed by atoms with Crippen molar-refractivity contribution in [2.24, 2.45) is 0 Å². The lowest BCUT2D eigenvalue weighted by Crippen LogP contribution is -2.04. The fourth-order valence-corrected chi connectivity index (χ4v) is 1.27. The number of hydrogen-bond acceptors (Lipinski definition) is 5. The first-order valence-corrected chi connectivity index (χ1v) is 5.19. The van der Waals surface area contributed by atoms with Crippen molar-refractivity contribution >= 4 is 14.2 Å². The molecule has 0 spiro atoms. The zero-order valence-electron chi connectivity index (χ0n) is 8.03. The van der Waals surface area contributed by atoms with Crippen molar-refractivity contribution in [3.8, 4) is 0 Å². The summed E-state index contributed by atoms with van der Waals surface area (Å²) in [5.41, 5.74) is 0. The van der Waals surface area contributed by atoms with Crippen molar-refractivity contribution in [3.05, 3.63) is 0 Å². The molecular weight excluding hydrogens is 195 g/mol. The predicted molar refractivity (Wildman–Crippen MR) is 47.8 cm³/mol. The number of esters is 1. The third kappa shape index (κ3) is 7.96. The van der Waals surface area contributed by atoms with Crippen LogP contribution in [-0.4, -0.2) is 25.8 Å².